The molecule has 0 aliphatic carbocycles. The SMILES string of the molecule is O=C(O)c1nccnc1I.[CaH2]. The minimum atomic E-state index is -1.04. The van der Waals surface area contributed by atoms with Crippen LogP contribution in [0.2, 0.25) is 0 Å². The van der Waals surface area contributed by atoms with E-state index in [1.807, 2.05) is 22.6 Å². The first-order valence-electron chi connectivity index (χ1n) is 2.41. The van der Waals surface area contributed by atoms with E-state index in [0.29, 0.717) is 3.70 Å². The molecule has 0 saturated heterocycles. The van der Waals surface area contributed by atoms with Crippen molar-refractivity contribution in [3.8, 4) is 0 Å². The number of nitrogens with zero attached hydrogens (tertiary/aromatic N) is 2. The number of hydrogen-bond acceptors (Lipinski definition) is 3. The number of aromatic nitrogens is 2. The number of carboxylic acids is 1. The maximum absolute atomic E-state index is 10.3. The first-order valence-corrected chi connectivity index (χ1v) is 3.49. The first kappa shape index (κ1) is 11.5. The number of rotatable bonds is 1. The van der Waals surface area contributed by atoms with Crippen molar-refractivity contribution in [2.45, 2.75) is 0 Å². The van der Waals surface area contributed by atoms with Crippen LogP contribution in [-0.2, 0) is 0 Å². The van der Waals surface area contributed by atoms with Gasteiger partial charge in [0.1, 0.15) is 3.70 Å². The predicted octanol–water partition coefficient (Wildman–Crippen LogP) is -0.137. The molecular formula is C5H5CaIN2O2. The van der Waals surface area contributed by atoms with E-state index in [9.17, 15) is 4.79 Å². The Kier molecular flexibility index (Phi) is 5.49. The summed E-state index contributed by atoms with van der Waals surface area (Å²) < 4.78 is 0.410. The van der Waals surface area contributed by atoms with Crippen LogP contribution in [0.25, 0.3) is 0 Å². The Morgan fingerprint density at radius 2 is 2.00 bits per heavy atom. The van der Waals surface area contributed by atoms with E-state index < -0.39 is 5.97 Å². The van der Waals surface area contributed by atoms with Crippen LogP contribution in [0.3, 0.4) is 0 Å². The van der Waals surface area contributed by atoms with Gasteiger partial charge in [-0.25, -0.2) is 14.8 Å². The van der Waals surface area contributed by atoms with E-state index in [1.54, 1.807) is 0 Å². The third kappa shape index (κ3) is 3.18. The van der Waals surface area contributed by atoms with Crippen LogP contribution in [0, 0.1) is 3.70 Å². The number of carbonyl (C=O) groups is 1. The average Bonchev–Trinajstić information content (AvgIpc) is 1.88. The number of halogens is 1. The monoisotopic (exact) mass is 292 g/mol. The topological polar surface area (TPSA) is 63.1 Å². The van der Waals surface area contributed by atoms with Gasteiger partial charge in [0.15, 0.2) is 5.69 Å². The second-order valence-electron chi connectivity index (χ2n) is 1.50. The van der Waals surface area contributed by atoms with Gasteiger partial charge >= 0.3 is 43.7 Å². The van der Waals surface area contributed by atoms with E-state index in [4.69, 9.17) is 5.11 Å². The van der Waals surface area contributed by atoms with Gasteiger partial charge in [0.2, 0.25) is 0 Å². The molecule has 1 aromatic heterocycles. The second-order valence-corrected chi connectivity index (χ2v) is 2.52. The van der Waals surface area contributed by atoms with Crippen molar-refractivity contribution in [3.63, 3.8) is 0 Å². The van der Waals surface area contributed by atoms with E-state index in [1.165, 1.54) is 12.4 Å². The Balaban J connectivity index is 0.000001000. The molecule has 0 aromatic carbocycles. The van der Waals surface area contributed by atoms with E-state index >= 15 is 0 Å². The molecule has 1 rings (SSSR count). The van der Waals surface area contributed by atoms with Gasteiger partial charge < -0.3 is 5.11 Å². The standard InChI is InChI=1S/C5H3IN2O2.Ca.2H/c6-4-3(5(9)10)7-1-2-8-4;;;/h1-2H,(H,9,10);;;. The van der Waals surface area contributed by atoms with Crippen molar-refractivity contribution in [3.05, 3.63) is 21.8 Å². The molecule has 0 saturated carbocycles. The van der Waals surface area contributed by atoms with Gasteiger partial charge in [-0.15, -0.1) is 0 Å². The van der Waals surface area contributed by atoms with E-state index in [2.05, 4.69) is 9.97 Å². The molecule has 0 atom stereocenters. The van der Waals surface area contributed by atoms with Gasteiger partial charge in [-0.1, -0.05) is 0 Å². The third-order valence-electron chi connectivity index (χ3n) is 0.856. The number of carboxylic acid groups (broad SMARTS) is 1. The number of hydrogen-bond donors (Lipinski definition) is 1. The van der Waals surface area contributed by atoms with Crippen molar-refractivity contribution in [2.24, 2.45) is 0 Å². The Labute approximate surface area is 107 Å². The van der Waals surface area contributed by atoms with Gasteiger partial charge in [-0.3, -0.25) is 0 Å². The second kappa shape index (κ2) is 5.23. The van der Waals surface area contributed by atoms with Crippen LogP contribution in [0.5, 0.6) is 0 Å². The summed E-state index contributed by atoms with van der Waals surface area (Å²) >= 11 is 1.82. The normalized spacial score (nSPS) is 8.45. The molecule has 0 aliphatic heterocycles. The zero-order valence-corrected chi connectivity index (χ0v) is 6.94. The summed E-state index contributed by atoms with van der Waals surface area (Å²) in [4.78, 5) is 17.7. The van der Waals surface area contributed by atoms with Gasteiger partial charge in [0.25, 0.3) is 0 Å². The van der Waals surface area contributed by atoms with Crippen LogP contribution in [-0.4, -0.2) is 58.8 Å². The molecule has 0 bridgehead atoms. The van der Waals surface area contributed by atoms with Crippen molar-refractivity contribution >= 4 is 66.3 Å². The zero-order valence-electron chi connectivity index (χ0n) is 4.78. The van der Waals surface area contributed by atoms with Gasteiger partial charge in [-0.2, -0.15) is 0 Å². The fraction of sp³-hybridized carbons (Fsp3) is 0. The van der Waals surface area contributed by atoms with Crippen molar-refractivity contribution < 1.29 is 9.90 Å². The summed E-state index contributed by atoms with van der Waals surface area (Å²) in [5.74, 6) is -1.04. The Morgan fingerprint density at radius 3 is 2.36 bits per heavy atom. The molecule has 0 amide bonds. The maximum atomic E-state index is 10.3. The molecule has 4 nitrogen and oxygen atoms in total. The van der Waals surface area contributed by atoms with Gasteiger partial charge in [0.05, 0.1) is 0 Å². The Hall–Kier alpha value is 0.540. The fourth-order valence-electron chi connectivity index (χ4n) is 0.465. The molecule has 0 radical (unpaired) electrons. The van der Waals surface area contributed by atoms with Crippen LogP contribution < -0.4 is 0 Å². The number of aromatic carboxylic acids is 1. The molecule has 1 N–H and O–H groups in total. The summed E-state index contributed by atoms with van der Waals surface area (Å²) in [6, 6.07) is 0. The molecule has 0 fully saturated rings. The summed E-state index contributed by atoms with van der Waals surface area (Å²) in [6.07, 6.45) is 2.81. The molecule has 0 aliphatic rings. The first-order chi connectivity index (χ1) is 4.72. The van der Waals surface area contributed by atoms with Gasteiger partial charge in [0, 0.05) is 12.4 Å². The molecule has 6 heteroatoms. The van der Waals surface area contributed by atoms with Crippen molar-refractivity contribution in [1.29, 1.82) is 0 Å². The average molecular weight is 292 g/mol. The molecule has 56 valence electrons. The summed E-state index contributed by atoms with van der Waals surface area (Å²) in [7, 11) is 0. The quantitative estimate of drug-likeness (QED) is 0.578. The minimum absolute atomic E-state index is 0. The van der Waals surface area contributed by atoms with E-state index in [-0.39, 0.29) is 43.4 Å². The molecule has 1 heterocycles. The van der Waals surface area contributed by atoms with Crippen LogP contribution in [0.15, 0.2) is 12.4 Å². The van der Waals surface area contributed by atoms with Crippen molar-refractivity contribution in [1.82, 2.24) is 9.97 Å². The Bertz CT molecular complexity index is 268. The Morgan fingerprint density at radius 1 is 1.45 bits per heavy atom. The third-order valence-corrected chi connectivity index (χ3v) is 1.65. The summed E-state index contributed by atoms with van der Waals surface area (Å²) in [5, 5.41) is 8.46. The van der Waals surface area contributed by atoms with E-state index in [0.717, 1.165) is 0 Å². The fourth-order valence-corrected chi connectivity index (χ4v) is 0.995. The zero-order chi connectivity index (χ0) is 7.56. The molecule has 0 unspecified atom stereocenters. The molecule has 1 aromatic rings. The summed E-state index contributed by atoms with van der Waals surface area (Å²) in [6.45, 7) is 0. The van der Waals surface area contributed by atoms with Crippen LogP contribution in [0.4, 0.5) is 0 Å². The van der Waals surface area contributed by atoms with Crippen molar-refractivity contribution in [2.75, 3.05) is 0 Å². The van der Waals surface area contributed by atoms with Crippen LogP contribution in [0.1, 0.15) is 10.5 Å². The van der Waals surface area contributed by atoms with Crippen LogP contribution >= 0.6 is 22.6 Å². The molecule has 0 spiro atoms. The molecular weight excluding hydrogens is 287 g/mol. The van der Waals surface area contributed by atoms with Gasteiger partial charge in [-0.05, 0) is 22.6 Å². The predicted molar refractivity (Wildman–Crippen MR) is 50.3 cm³/mol. The summed E-state index contributed by atoms with van der Waals surface area (Å²) in [5.41, 5.74) is 0.00287. The molecule has 11 heavy (non-hydrogen) atoms.